The number of likely N-dealkylation sites (tertiary alicyclic amines) is 1. The largest absolute Gasteiger partial charge is 0.465 e. The number of fused-ring (bicyclic) bond motifs is 8. The van der Waals surface area contributed by atoms with E-state index in [4.69, 9.17) is 4.74 Å². The van der Waals surface area contributed by atoms with E-state index < -0.39 is 41.7 Å². The Balaban J connectivity index is 1.71. The summed E-state index contributed by atoms with van der Waals surface area (Å²) in [5, 5.41) is 4.38. The van der Waals surface area contributed by atoms with E-state index in [9.17, 15) is 19.3 Å². The van der Waals surface area contributed by atoms with Gasteiger partial charge < -0.3 is 4.74 Å². The van der Waals surface area contributed by atoms with Gasteiger partial charge in [-0.1, -0.05) is 24.3 Å². The number of nitrogens with zero attached hydrogens (tertiary/aromatic N) is 3. The summed E-state index contributed by atoms with van der Waals surface area (Å²) in [5.41, 5.74) is 1.70. The van der Waals surface area contributed by atoms with Crippen molar-refractivity contribution in [3.63, 3.8) is 0 Å². The molecular weight excluding hydrogens is 314 g/mol. The third-order valence-corrected chi connectivity index (χ3v) is 5.06. The molecule has 24 heavy (non-hydrogen) atoms. The maximum Gasteiger partial charge on any atom is 0.326 e. The third kappa shape index (κ3) is 1.70. The molecule has 8 nitrogen and oxygen atoms in total. The Kier molecular flexibility index (Phi) is 3.16. The number of carbonyl (C=O) groups is 3. The predicted molar refractivity (Wildman–Crippen MR) is 79.9 cm³/mol. The summed E-state index contributed by atoms with van der Waals surface area (Å²) >= 11 is 0. The molecule has 8 heteroatoms. The molecule has 2 bridgehead atoms. The van der Waals surface area contributed by atoms with Gasteiger partial charge in [-0.05, 0) is 18.1 Å². The zero-order valence-electron chi connectivity index (χ0n) is 12.9. The molecule has 2 saturated heterocycles. The van der Waals surface area contributed by atoms with E-state index in [0.717, 1.165) is 16.0 Å². The average molecular weight is 329 g/mol. The van der Waals surface area contributed by atoms with Crippen LogP contribution in [0.1, 0.15) is 30.1 Å². The first-order chi connectivity index (χ1) is 11.6. The zero-order valence-corrected chi connectivity index (χ0v) is 12.9. The monoisotopic (exact) mass is 329 g/mol. The number of esters is 1. The first-order valence-corrected chi connectivity index (χ1v) is 7.81. The number of hydrogen-bond acceptors (Lipinski definition) is 6. The molecule has 1 aromatic carbocycles. The molecule has 3 aliphatic rings. The number of rotatable bonds is 4. The van der Waals surface area contributed by atoms with Gasteiger partial charge in [-0.25, -0.2) is 5.01 Å². The van der Waals surface area contributed by atoms with Gasteiger partial charge in [0.15, 0.2) is 0 Å². The van der Waals surface area contributed by atoms with Crippen molar-refractivity contribution in [3.8, 4) is 0 Å². The highest BCUT2D eigenvalue weighted by Gasteiger charge is 2.67. The van der Waals surface area contributed by atoms with Crippen molar-refractivity contribution in [2.45, 2.75) is 19.0 Å². The standard InChI is InChI=1S/C16H15N3O5/c1-2-24-10(20)7-18-15(21)11-12(16(18)22)14-9-6-4-3-5-8(9)13(11)19(14)17-23/h3-6,11-14H,2,7H2,1H3/t11-,12+,13-,14+. The quantitative estimate of drug-likeness (QED) is 0.463. The number of hydrogen-bond donors (Lipinski definition) is 0. The van der Waals surface area contributed by atoms with Gasteiger partial charge in [0.05, 0.1) is 35.8 Å². The van der Waals surface area contributed by atoms with E-state index in [2.05, 4.69) is 5.29 Å². The molecule has 1 aromatic rings. The zero-order chi connectivity index (χ0) is 17.0. The minimum Gasteiger partial charge on any atom is -0.465 e. The van der Waals surface area contributed by atoms with E-state index in [1.165, 1.54) is 5.01 Å². The van der Waals surface area contributed by atoms with Gasteiger partial charge in [0, 0.05) is 0 Å². The molecule has 0 aromatic heterocycles. The van der Waals surface area contributed by atoms with Crippen LogP contribution in [-0.4, -0.2) is 40.8 Å². The Labute approximate surface area is 137 Å². The van der Waals surface area contributed by atoms with E-state index in [-0.39, 0.29) is 13.2 Å². The second-order valence-corrected chi connectivity index (χ2v) is 6.10. The molecule has 2 amide bonds. The second-order valence-electron chi connectivity index (χ2n) is 6.10. The topological polar surface area (TPSA) is 96.3 Å². The Morgan fingerprint density at radius 2 is 1.67 bits per heavy atom. The maximum atomic E-state index is 12.7. The van der Waals surface area contributed by atoms with Crippen LogP contribution in [0.3, 0.4) is 0 Å². The van der Waals surface area contributed by atoms with Crippen LogP contribution in [0.5, 0.6) is 0 Å². The fourth-order valence-electron chi connectivity index (χ4n) is 4.26. The van der Waals surface area contributed by atoms with Crippen LogP contribution < -0.4 is 0 Å². The average Bonchev–Trinajstić information content (AvgIpc) is 3.16. The first kappa shape index (κ1) is 14.8. The Bertz CT molecular complexity index is 715. The molecule has 0 aliphatic carbocycles. The van der Waals surface area contributed by atoms with Crippen LogP contribution in [0.15, 0.2) is 29.6 Å². The molecule has 3 aliphatic heterocycles. The molecule has 3 heterocycles. The summed E-state index contributed by atoms with van der Waals surface area (Å²) in [6.45, 7) is 1.45. The van der Waals surface area contributed by atoms with E-state index in [1.807, 2.05) is 24.3 Å². The fraction of sp³-hybridized carbons (Fsp3) is 0.438. The minimum atomic E-state index is -0.676. The highest BCUT2D eigenvalue weighted by Crippen LogP contribution is 2.62. The van der Waals surface area contributed by atoms with Crippen LogP contribution in [-0.2, 0) is 19.1 Å². The third-order valence-electron chi connectivity index (χ3n) is 5.06. The van der Waals surface area contributed by atoms with Crippen molar-refractivity contribution in [2.24, 2.45) is 17.1 Å². The van der Waals surface area contributed by atoms with E-state index in [0.29, 0.717) is 0 Å². The second kappa shape index (κ2) is 5.12. The van der Waals surface area contributed by atoms with Gasteiger partial charge in [-0.3, -0.25) is 19.3 Å². The van der Waals surface area contributed by atoms with Gasteiger partial charge in [0.1, 0.15) is 6.54 Å². The van der Waals surface area contributed by atoms with Crippen molar-refractivity contribution in [1.29, 1.82) is 0 Å². The van der Waals surface area contributed by atoms with E-state index in [1.54, 1.807) is 6.92 Å². The van der Waals surface area contributed by atoms with Crippen molar-refractivity contribution < 1.29 is 19.1 Å². The number of nitroso groups, excluding NO2 is 1. The minimum absolute atomic E-state index is 0.182. The Morgan fingerprint density at radius 3 is 2.12 bits per heavy atom. The highest BCUT2D eigenvalue weighted by atomic mass is 16.5. The van der Waals surface area contributed by atoms with Crippen molar-refractivity contribution in [1.82, 2.24) is 9.91 Å². The molecule has 124 valence electrons. The molecule has 0 unspecified atom stereocenters. The SMILES string of the molecule is CCOC(=O)CN1C(=O)[C@@H]2[C@H](C1=O)[C@@H]1c3ccccc3[C@H]2N1N=O. The fourth-order valence-corrected chi connectivity index (χ4v) is 4.26. The van der Waals surface area contributed by atoms with Gasteiger partial charge in [-0.2, -0.15) is 0 Å². The Hall–Kier alpha value is -2.77. The van der Waals surface area contributed by atoms with Gasteiger partial charge in [-0.15, -0.1) is 4.91 Å². The summed E-state index contributed by atoms with van der Waals surface area (Å²) in [6, 6.07) is 6.26. The van der Waals surface area contributed by atoms with Crippen molar-refractivity contribution in [2.75, 3.05) is 13.2 Å². The van der Waals surface area contributed by atoms with Crippen LogP contribution in [0.4, 0.5) is 0 Å². The highest BCUT2D eigenvalue weighted by molar-refractivity contribution is 6.08. The van der Waals surface area contributed by atoms with Crippen LogP contribution >= 0.6 is 0 Å². The summed E-state index contributed by atoms with van der Waals surface area (Å²) in [7, 11) is 0. The van der Waals surface area contributed by atoms with Gasteiger partial charge in [0.2, 0.25) is 11.8 Å². The summed E-state index contributed by atoms with van der Waals surface area (Å²) in [6.07, 6.45) is 0. The number of amides is 2. The molecular formula is C16H15N3O5. The van der Waals surface area contributed by atoms with Crippen molar-refractivity contribution in [3.05, 3.63) is 40.3 Å². The van der Waals surface area contributed by atoms with Gasteiger partial charge in [0.25, 0.3) is 0 Å². The predicted octanol–water partition coefficient (Wildman–Crippen LogP) is 0.944. The number of ether oxygens (including phenoxy) is 1. The van der Waals surface area contributed by atoms with Crippen LogP contribution in [0.2, 0.25) is 0 Å². The molecule has 0 spiro atoms. The Morgan fingerprint density at radius 1 is 1.12 bits per heavy atom. The summed E-state index contributed by atoms with van der Waals surface area (Å²) < 4.78 is 4.83. The van der Waals surface area contributed by atoms with E-state index >= 15 is 0 Å². The molecule has 4 rings (SSSR count). The lowest BCUT2D eigenvalue weighted by Gasteiger charge is -2.20. The molecule has 2 fully saturated rings. The van der Waals surface area contributed by atoms with Gasteiger partial charge >= 0.3 is 5.97 Å². The lowest BCUT2D eigenvalue weighted by atomic mass is 9.77. The number of imide groups is 1. The first-order valence-electron chi connectivity index (χ1n) is 7.81. The molecule has 0 radical (unpaired) electrons. The molecule has 0 N–H and O–H groups in total. The van der Waals surface area contributed by atoms with Crippen LogP contribution in [0, 0.1) is 16.7 Å². The lowest BCUT2D eigenvalue weighted by molar-refractivity contribution is -0.153. The number of carbonyl (C=O) groups excluding carboxylic acids is 3. The smallest absolute Gasteiger partial charge is 0.326 e. The molecule has 0 saturated carbocycles. The molecule has 4 atom stereocenters. The maximum absolute atomic E-state index is 12.7. The lowest BCUT2D eigenvalue weighted by Crippen LogP contribution is -2.39. The summed E-state index contributed by atoms with van der Waals surface area (Å²) in [5.74, 6) is -2.84. The summed E-state index contributed by atoms with van der Waals surface area (Å²) in [4.78, 5) is 49.4. The van der Waals surface area contributed by atoms with Crippen LogP contribution in [0.25, 0.3) is 0 Å². The normalized spacial score (nSPS) is 29.7. The number of benzene rings is 1. The van der Waals surface area contributed by atoms with Crippen molar-refractivity contribution >= 4 is 17.8 Å².